The molecule has 0 bridgehead atoms. The first kappa shape index (κ1) is 13.3. The first-order valence-corrected chi connectivity index (χ1v) is 6.33. The van der Waals surface area contributed by atoms with E-state index in [0.29, 0.717) is 5.92 Å². The fourth-order valence-corrected chi connectivity index (χ4v) is 2.07. The van der Waals surface area contributed by atoms with E-state index in [1.807, 2.05) is 6.92 Å². The van der Waals surface area contributed by atoms with E-state index in [9.17, 15) is 4.79 Å². The van der Waals surface area contributed by atoms with Crippen molar-refractivity contribution in [3.05, 3.63) is 41.7 Å². The number of aromatic nitrogens is 2. The molecular formula is C15H18N2O2. The van der Waals surface area contributed by atoms with Crippen LogP contribution in [0.4, 0.5) is 0 Å². The van der Waals surface area contributed by atoms with Crippen molar-refractivity contribution in [2.24, 2.45) is 0 Å². The van der Waals surface area contributed by atoms with Crippen LogP contribution in [0.2, 0.25) is 0 Å². The average Bonchev–Trinajstić information content (AvgIpc) is 2.69. The molecule has 2 aromatic rings. The summed E-state index contributed by atoms with van der Waals surface area (Å²) >= 11 is 0. The molecule has 0 amide bonds. The van der Waals surface area contributed by atoms with E-state index < -0.39 is 5.97 Å². The molecule has 0 saturated carbocycles. The van der Waals surface area contributed by atoms with Crippen LogP contribution in [0, 0.1) is 6.92 Å². The van der Waals surface area contributed by atoms with Gasteiger partial charge in [0.1, 0.15) is 6.54 Å². The number of carbonyl (C=O) groups is 1. The molecule has 0 atom stereocenters. The minimum Gasteiger partial charge on any atom is -0.480 e. The van der Waals surface area contributed by atoms with Gasteiger partial charge in [0.15, 0.2) is 0 Å². The number of aryl methyl sites for hydroxylation is 1. The highest BCUT2D eigenvalue weighted by molar-refractivity contribution is 5.68. The third kappa shape index (κ3) is 3.02. The topological polar surface area (TPSA) is 55.1 Å². The molecule has 1 aromatic carbocycles. The minimum absolute atomic E-state index is 0.106. The van der Waals surface area contributed by atoms with Crippen molar-refractivity contribution in [1.82, 2.24) is 9.78 Å². The summed E-state index contributed by atoms with van der Waals surface area (Å²) in [6.45, 7) is 6.10. The molecule has 2 rings (SSSR count). The van der Waals surface area contributed by atoms with Crippen LogP contribution in [0.1, 0.15) is 31.0 Å². The van der Waals surface area contributed by atoms with E-state index in [4.69, 9.17) is 5.11 Å². The number of hydrogen-bond donors (Lipinski definition) is 1. The van der Waals surface area contributed by atoms with Crippen LogP contribution in [0.3, 0.4) is 0 Å². The number of carboxylic acids is 1. The van der Waals surface area contributed by atoms with E-state index in [-0.39, 0.29) is 6.54 Å². The van der Waals surface area contributed by atoms with Crippen LogP contribution in [0.15, 0.2) is 30.5 Å². The Morgan fingerprint density at radius 3 is 2.47 bits per heavy atom. The lowest BCUT2D eigenvalue weighted by Gasteiger charge is -2.06. The molecule has 0 spiro atoms. The minimum atomic E-state index is -0.885. The fourth-order valence-electron chi connectivity index (χ4n) is 2.07. The Hall–Kier alpha value is -2.10. The number of aliphatic carboxylic acids is 1. The van der Waals surface area contributed by atoms with Gasteiger partial charge in [-0.05, 0) is 24.0 Å². The summed E-state index contributed by atoms with van der Waals surface area (Å²) in [7, 11) is 0. The molecule has 4 nitrogen and oxygen atoms in total. The van der Waals surface area contributed by atoms with E-state index in [2.05, 4.69) is 43.2 Å². The Labute approximate surface area is 112 Å². The first-order chi connectivity index (χ1) is 8.97. The molecule has 0 unspecified atom stereocenters. The largest absolute Gasteiger partial charge is 0.480 e. The van der Waals surface area contributed by atoms with Crippen molar-refractivity contribution in [2.75, 3.05) is 0 Å². The quantitative estimate of drug-likeness (QED) is 0.917. The highest BCUT2D eigenvalue weighted by Crippen LogP contribution is 2.24. The second-order valence-corrected chi connectivity index (χ2v) is 5.00. The molecule has 4 heteroatoms. The molecule has 19 heavy (non-hydrogen) atoms. The van der Waals surface area contributed by atoms with Gasteiger partial charge < -0.3 is 5.11 Å². The Morgan fingerprint density at radius 2 is 1.95 bits per heavy atom. The fraction of sp³-hybridized carbons (Fsp3) is 0.333. The van der Waals surface area contributed by atoms with Crippen molar-refractivity contribution in [3.8, 4) is 11.1 Å². The Morgan fingerprint density at radius 1 is 1.32 bits per heavy atom. The number of rotatable bonds is 4. The van der Waals surface area contributed by atoms with Gasteiger partial charge in [0, 0.05) is 11.8 Å². The van der Waals surface area contributed by atoms with Crippen LogP contribution in [-0.2, 0) is 11.3 Å². The van der Waals surface area contributed by atoms with E-state index >= 15 is 0 Å². The second kappa shape index (κ2) is 5.26. The molecule has 1 N–H and O–H groups in total. The van der Waals surface area contributed by atoms with Crippen molar-refractivity contribution in [2.45, 2.75) is 33.2 Å². The molecule has 0 fully saturated rings. The molecule has 0 aliphatic carbocycles. The van der Waals surface area contributed by atoms with Gasteiger partial charge >= 0.3 is 5.97 Å². The van der Waals surface area contributed by atoms with Gasteiger partial charge in [0.25, 0.3) is 0 Å². The zero-order valence-corrected chi connectivity index (χ0v) is 11.4. The lowest BCUT2D eigenvalue weighted by atomic mass is 9.99. The number of nitrogens with zero attached hydrogens (tertiary/aromatic N) is 2. The van der Waals surface area contributed by atoms with Crippen LogP contribution in [0.5, 0.6) is 0 Å². The van der Waals surface area contributed by atoms with E-state index in [1.165, 1.54) is 10.2 Å². The lowest BCUT2D eigenvalue weighted by Crippen LogP contribution is -2.08. The van der Waals surface area contributed by atoms with Gasteiger partial charge in [-0.1, -0.05) is 38.1 Å². The van der Waals surface area contributed by atoms with Crippen LogP contribution in [0.25, 0.3) is 11.1 Å². The molecule has 0 saturated heterocycles. The zero-order chi connectivity index (χ0) is 14.0. The highest BCUT2D eigenvalue weighted by atomic mass is 16.4. The number of hydrogen-bond acceptors (Lipinski definition) is 2. The van der Waals surface area contributed by atoms with Crippen LogP contribution >= 0.6 is 0 Å². The molecule has 1 heterocycles. The molecular weight excluding hydrogens is 240 g/mol. The summed E-state index contributed by atoms with van der Waals surface area (Å²) in [5.74, 6) is -0.380. The molecule has 0 aliphatic rings. The third-order valence-electron chi connectivity index (χ3n) is 3.13. The van der Waals surface area contributed by atoms with Crippen LogP contribution in [-0.4, -0.2) is 20.9 Å². The van der Waals surface area contributed by atoms with E-state index in [1.54, 1.807) is 6.20 Å². The van der Waals surface area contributed by atoms with E-state index in [0.717, 1.165) is 16.8 Å². The maximum atomic E-state index is 10.7. The Kier molecular flexibility index (Phi) is 3.69. The van der Waals surface area contributed by atoms with Gasteiger partial charge in [-0.15, -0.1) is 0 Å². The van der Waals surface area contributed by atoms with Gasteiger partial charge in [-0.25, -0.2) is 0 Å². The molecule has 100 valence electrons. The summed E-state index contributed by atoms with van der Waals surface area (Å²) < 4.78 is 1.46. The number of benzene rings is 1. The van der Waals surface area contributed by atoms with Crippen molar-refractivity contribution >= 4 is 5.97 Å². The van der Waals surface area contributed by atoms with Crippen LogP contribution < -0.4 is 0 Å². The summed E-state index contributed by atoms with van der Waals surface area (Å²) in [5, 5.41) is 13.0. The average molecular weight is 258 g/mol. The first-order valence-electron chi connectivity index (χ1n) is 6.33. The Bertz CT molecular complexity index is 583. The van der Waals surface area contributed by atoms with Crippen molar-refractivity contribution in [1.29, 1.82) is 0 Å². The third-order valence-corrected chi connectivity index (χ3v) is 3.13. The highest BCUT2D eigenvalue weighted by Gasteiger charge is 2.09. The predicted octanol–water partition coefficient (Wildman–Crippen LogP) is 3.07. The maximum absolute atomic E-state index is 10.7. The van der Waals surface area contributed by atoms with Gasteiger partial charge in [0.2, 0.25) is 0 Å². The SMILES string of the molecule is Cc1nn(CC(=O)O)cc1-c1ccc(C(C)C)cc1. The molecule has 0 radical (unpaired) electrons. The van der Waals surface area contributed by atoms with Gasteiger partial charge in [0.05, 0.1) is 5.69 Å². The standard InChI is InChI=1S/C15H18N2O2/c1-10(2)12-4-6-13(7-5-12)14-8-17(9-15(18)19)16-11(14)3/h4-8,10H,9H2,1-3H3,(H,18,19). The summed E-state index contributed by atoms with van der Waals surface area (Å²) in [5.41, 5.74) is 4.19. The summed E-state index contributed by atoms with van der Waals surface area (Å²) in [4.78, 5) is 10.7. The van der Waals surface area contributed by atoms with Crippen molar-refractivity contribution in [3.63, 3.8) is 0 Å². The smallest absolute Gasteiger partial charge is 0.325 e. The van der Waals surface area contributed by atoms with Gasteiger partial charge in [-0.3, -0.25) is 9.48 Å². The summed E-state index contributed by atoms with van der Waals surface area (Å²) in [6, 6.07) is 8.33. The van der Waals surface area contributed by atoms with Crippen molar-refractivity contribution < 1.29 is 9.90 Å². The number of carboxylic acid groups (broad SMARTS) is 1. The zero-order valence-electron chi connectivity index (χ0n) is 11.4. The Balaban J connectivity index is 2.30. The molecule has 1 aromatic heterocycles. The lowest BCUT2D eigenvalue weighted by molar-refractivity contribution is -0.137. The molecule has 0 aliphatic heterocycles. The monoisotopic (exact) mass is 258 g/mol. The normalized spacial score (nSPS) is 10.9. The maximum Gasteiger partial charge on any atom is 0.325 e. The van der Waals surface area contributed by atoms with Gasteiger partial charge in [-0.2, -0.15) is 5.10 Å². The second-order valence-electron chi connectivity index (χ2n) is 5.00. The predicted molar refractivity (Wildman–Crippen MR) is 74.1 cm³/mol. The summed E-state index contributed by atoms with van der Waals surface area (Å²) in [6.07, 6.45) is 1.79.